The van der Waals surface area contributed by atoms with Crippen molar-refractivity contribution < 1.29 is 10.2 Å². The molecule has 0 spiro atoms. The third-order valence-electron chi connectivity index (χ3n) is 2.06. The van der Waals surface area contributed by atoms with Gasteiger partial charge in [0.25, 0.3) is 0 Å². The van der Waals surface area contributed by atoms with Crippen molar-refractivity contribution in [1.29, 1.82) is 0 Å². The van der Waals surface area contributed by atoms with Crippen LogP contribution < -0.4 is 0 Å². The van der Waals surface area contributed by atoms with Crippen LogP contribution in [-0.4, -0.2) is 22.4 Å². The molecular formula is C10H20O2. The Balaban J connectivity index is 3.37. The highest BCUT2D eigenvalue weighted by Gasteiger charge is 2.06. The van der Waals surface area contributed by atoms with Gasteiger partial charge in [0.15, 0.2) is 0 Å². The van der Waals surface area contributed by atoms with Crippen LogP contribution in [0.25, 0.3) is 0 Å². The van der Waals surface area contributed by atoms with Crippen LogP contribution in [0, 0.1) is 0 Å². The third-order valence-corrected chi connectivity index (χ3v) is 2.06. The van der Waals surface area contributed by atoms with Crippen molar-refractivity contribution in [2.75, 3.05) is 0 Å². The minimum Gasteiger partial charge on any atom is -0.393 e. The smallest absolute Gasteiger partial charge is 0.0744 e. The summed E-state index contributed by atoms with van der Waals surface area (Å²) in [5.74, 6) is 0. The van der Waals surface area contributed by atoms with Crippen LogP contribution in [0.3, 0.4) is 0 Å². The zero-order valence-corrected chi connectivity index (χ0v) is 8.08. The molecule has 0 bridgehead atoms. The molecule has 2 nitrogen and oxygen atoms in total. The van der Waals surface area contributed by atoms with Crippen molar-refractivity contribution in [2.24, 2.45) is 0 Å². The largest absolute Gasteiger partial charge is 0.393 e. The Morgan fingerprint density at radius 1 is 1.33 bits per heavy atom. The van der Waals surface area contributed by atoms with E-state index < -0.39 is 6.10 Å². The van der Waals surface area contributed by atoms with Crippen LogP contribution >= 0.6 is 0 Å². The fourth-order valence-electron chi connectivity index (χ4n) is 0.997. The van der Waals surface area contributed by atoms with Crippen molar-refractivity contribution >= 4 is 0 Å². The first-order valence-electron chi connectivity index (χ1n) is 4.59. The molecular weight excluding hydrogens is 152 g/mol. The lowest BCUT2D eigenvalue weighted by atomic mass is 10.0. The highest BCUT2D eigenvalue weighted by Crippen LogP contribution is 2.10. The summed E-state index contributed by atoms with van der Waals surface area (Å²) in [6.07, 6.45) is 2.55. The number of aliphatic hydroxyl groups excluding tert-OH is 2. The lowest BCUT2D eigenvalue weighted by molar-refractivity contribution is 0.143. The fraction of sp³-hybridized carbons (Fsp3) is 0.800. The number of hydrogen-bond acceptors (Lipinski definition) is 2. The maximum Gasteiger partial charge on any atom is 0.0744 e. The van der Waals surface area contributed by atoms with Gasteiger partial charge >= 0.3 is 0 Å². The molecule has 72 valence electrons. The Labute approximate surface area is 74.9 Å². The van der Waals surface area contributed by atoms with Gasteiger partial charge in [0.1, 0.15) is 0 Å². The van der Waals surface area contributed by atoms with E-state index in [9.17, 15) is 10.2 Å². The average molecular weight is 172 g/mol. The Bertz CT molecular complexity index is 132. The van der Waals surface area contributed by atoms with Gasteiger partial charge in [-0.2, -0.15) is 0 Å². The molecule has 0 rings (SSSR count). The Morgan fingerprint density at radius 2 is 1.92 bits per heavy atom. The molecule has 0 radical (unpaired) electrons. The van der Waals surface area contributed by atoms with E-state index in [1.54, 1.807) is 0 Å². The van der Waals surface area contributed by atoms with Crippen LogP contribution in [0.15, 0.2) is 12.2 Å². The average Bonchev–Trinajstić information content (AvgIpc) is 2.03. The number of aliphatic hydroxyl groups is 2. The highest BCUT2D eigenvalue weighted by atomic mass is 16.3. The second kappa shape index (κ2) is 6.21. The zero-order chi connectivity index (χ0) is 9.56. The van der Waals surface area contributed by atoms with Crippen molar-refractivity contribution in [2.45, 2.75) is 51.7 Å². The summed E-state index contributed by atoms with van der Waals surface area (Å²) in [6, 6.07) is 0. The number of hydrogen-bond donors (Lipinski definition) is 2. The van der Waals surface area contributed by atoms with Crippen LogP contribution in [0.4, 0.5) is 0 Å². The van der Waals surface area contributed by atoms with Crippen LogP contribution in [0.1, 0.15) is 39.5 Å². The van der Waals surface area contributed by atoms with E-state index >= 15 is 0 Å². The summed E-state index contributed by atoms with van der Waals surface area (Å²) in [6.45, 7) is 7.44. The molecule has 0 saturated heterocycles. The van der Waals surface area contributed by atoms with Gasteiger partial charge in [-0.3, -0.25) is 0 Å². The monoisotopic (exact) mass is 172 g/mol. The van der Waals surface area contributed by atoms with E-state index in [1.807, 2.05) is 13.8 Å². The fourth-order valence-corrected chi connectivity index (χ4v) is 0.997. The topological polar surface area (TPSA) is 40.5 Å². The van der Waals surface area contributed by atoms with E-state index in [0.29, 0.717) is 6.42 Å². The lowest BCUT2D eigenvalue weighted by Gasteiger charge is -2.11. The van der Waals surface area contributed by atoms with Crippen LogP contribution in [0.2, 0.25) is 0 Å². The predicted molar refractivity (Wildman–Crippen MR) is 51.0 cm³/mol. The quantitative estimate of drug-likeness (QED) is 0.600. The summed E-state index contributed by atoms with van der Waals surface area (Å²) < 4.78 is 0. The lowest BCUT2D eigenvalue weighted by Crippen LogP contribution is -2.10. The summed E-state index contributed by atoms with van der Waals surface area (Å²) in [5.41, 5.74) is 0.806. The molecule has 0 aromatic heterocycles. The maximum atomic E-state index is 9.33. The standard InChI is InChI=1S/C10H20O2/c1-4-9(11)6-5-7-10(12)8(2)3/h9-12H,2,4-7H2,1,3H3. The van der Waals surface area contributed by atoms with Crippen molar-refractivity contribution in [1.82, 2.24) is 0 Å². The molecule has 0 aromatic carbocycles. The van der Waals surface area contributed by atoms with Gasteiger partial charge in [0.2, 0.25) is 0 Å². The van der Waals surface area contributed by atoms with E-state index in [-0.39, 0.29) is 6.10 Å². The van der Waals surface area contributed by atoms with E-state index in [2.05, 4.69) is 6.58 Å². The number of rotatable bonds is 6. The molecule has 0 aromatic rings. The molecule has 2 unspecified atom stereocenters. The van der Waals surface area contributed by atoms with E-state index in [0.717, 1.165) is 24.8 Å². The molecule has 2 N–H and O–H groups in total. The minimum absolute atomic E-state index is 0.206. The second-order valence-electron chi connectivity index (χ2n) is 3.36. The van der Waals surface area contributed by atoms with Gasteiger partial charge < -0.3 is 10.2 Å². The van der Waals surface area contributed by atoms with Crippen LogP contribution in [-0.2, 0) is 0 Å². The van der Waals surface area contributed by atoms with Gasteiger partial charge in [-0.15, -0.1) is 0 Å². The van der Waals surface area contributed by atoms with Gasteiger partial charge in [-0.25, -0.2) is 0 Å². The summed E-state index contributed by atoms with van der Waals surface area (Å²) in [5, 5.41) is 18.5. The first-order valence-corrected chi connectivity index (χ1v) is 4.59. The van der Waals surface area contributed by atoms with E-state index in [1.165, 1.54) is 0 Å². The molecule has 0 fully saturated rings. The molecule has 0 aliphatic rings. The molecule has 2 atom stereocenters. The summed E-state index contributed by atoms with van der Waals surface area (Å²) >= 11 is 0. The summed E-state index contributed by atoms with van der Waals surface area (Å²) in [4.78, 5) is 0. The molecule has 2 heteroatoms. The normalized spacial score (nSPS) is 15.7. The van der Waals surface area contributed by atoms with E-state index in [4.69, 9.17) is 0 Å². The highest BCUT2D eigenvalue weighted by molar-refractivity contribution is 4.96. The Kier molecular flexibility index (Phi) is 6.03. The zero-order valence-electron chi connectivity index (χ0n) is 8.08. The predicted octanol–water partition coefficient (Wildman–Crippen LogP) is 1.86. The SMILES string of the molecule is C=C(C)C(O)CCCC(O)CC. The molecule has 12 heavy (non-hydrogen) atoms. The van der Waals surface area contributed by atoms with Gasteiger partial charge in [0.05, 0.1) is 12.2 Å². The second-order valence-corrected chi connectivity index (χ2v) is 3.36. The van der Waals surface area contributed by atoms with Crippen molar-refractivity contribution in [3.63, 3.8) is 0 Å². The summed E-state index contributed by atoms with van der Waals surface area (Å²) in [7, 11) is 0. The Morgan fingerprint density at radius 3 is 2.33 bits per heavy atom. The first kappa shape index (κ1) is 11.7. The maximum absolute atomic E-state index is 9.33. The molecule has 0 aliphatic carbocycles. The molecule has 0 amide bonds. The van der Waals surface area contributed by atoms with Crippen LogP contribution in [0.5, 0.6) is 0 Å². The molecule has 0 heterocycles. The van der Waals surface area contributed by atoms with Gasteiger partial charge in [0, 0.05) is 0 Å². The van der Waals surface area contributed by atoms with Crippen molar-refractivity contribution in [3.8, 4) is 0 Å². The third kappa shape index (κ3) is 5.33. The molecule has 0 saturated carbocycles. The minimum atomic E-state index is -0.394. The Hall–Kier alpha value is -0.340. The van der Waals surface area contributed by atoms with Gasteiger partial charge in [-0.05, 0) is 32.6 Å². The van der Waals surface area contributed by atoms with Gasteiger partial charge in [-0.1, -0.05) is 19.1 Å². The first-order chi connectivity index (χ1) is 5.57. The van der Waals surface area contributed by atoms with Crippen molar-refractivity contribution in [3.05, 3.63) is 12.2 Å². The molecule has 0 aliphatic heterocycles.